The van der Waals surface area contributed by atoms with E-state index < -0.39 is 17.5 Å². The molecule has 0 bridgehead atoms. The Kier molecular flexibility index (Phi) is 7.37. The number of fused-ring (bicyclic) bond motifs is 1. The number of hydrogen-bond acceptors (Lipinski definition) is 5. The fourth-order valence-corrected chi connectivity index (χ4v) is 4.07. The van der Waals surface area contributed by atoms with Gasteiger partial charge in [-0.3, -0.25) is 9.89 Å². The molecule has 2 N–H and O–H groups in total. The smallest absolute Gasteiger partial charge is 0.256 e. The summed E-state index contributed by atoms with van der Waals surface area (Å²) in [6.07, 6.45) is 0. The van der Waals surface area contributed by atoms with Crippen molar-refractivity contribution in [3.05, 3.63) is 71.3 Å². The molecule has 0 spiro atoms. The molecule has 0 saturated heterocycles. The standard InChI is InChI=1S/C24H22F2IN5O2/c1-32(2)10-9-28-23(33)18-12-17-21(16-6-4-3-5-14(16)13-27)30-31-22(17)29-24(18)34-20-8-7-15(25)11-19(20)26/h3-8,11-12H,9-10,13H2,1-2H3,(H,28,33)(H,29,30,31). The lowest BCUT2D eigenvalue weighted by Crippen LogP contribution is -2.31. The van der Waals surface area contributed by atoms with E-state index in [9.17, 15) is 13.6 Å². The summed E-state index contributed by atoms with van der Waals surface area (Å²) in [6.45, 7) is 1.02. The molecule has 0 unspecified atom stereocenters. The van der Waals surface area contributed by atoms with Crippen LogP contribution in [0.4, 0.5) is 8.78 Å². The number of alkyl halides is 1. The molecule has 0 saturated carbocycles. The van der Waals surface area contributed by atoms with Crippen molar-refractivity contribution < 1.29 is 18.3 Å². The Morgan fingerprint density at radius 3 is 2.71 bits per heavy atom. The molecule has 2 aromatic heterocycles. The predicted molar refractivity (Wildman–Crippen MR) is 134 cm³/mol. The van der Waals surface area contributed by atoms with E-state index in [2.05, 4.69) is 43.1 Å². The fraction of sp³-hybridized carbons (Fsp3) is 0.208. The summed E-state index contributed by atoms with van der Waals surface area (Å²) in [6, 6.07) is 12.4. The normalized spacial score (nSPS) is 11.2. The Labute approximate surface area is 208 Å². The number of nitrogens with one attached hydrogen (secondary N) is 2. The molecule has 34 heavy (non-hydrogen) atoms. The number of pyridine rings is 1. The first-order valence-electron chi connectivity index (χ1n) is 10.5. The number of nitrogens with zero attached hydrogens (tertiary/aromatic N) is 3. The number of aromatic nitrogens is 3. The van der Waals surface area contributed by atoms with Crippen molar-refractivity contribution in [3.8, 4) is 22.9 Å². The van der Waals surface area contributed by atoms with Gasteiger partial charge in [-0.05, 0) is 37.9 Å². The lowest BCUT2D eigenvalue weighted by molar-refractivity contribution is 0.0948. The molecule has 0 radical (unpaired) electrons. The number of ether oxygens (including phenoxy) is 1. The molecule has 0 aliphatic carbocycles. The van der Waals surface area contributed by atoms with Crippen molar-refractivity contribution in [2.45, 2.75) is 4.43 Å². The average Bonchev–Trinajstić information content (AvgIpc) is 3.22. The average molecular weight is 577 g/mol. The Balaban J connectivity index is 1.80. The maximum absolute atomic E-state index is 14.3. The monoisotopic (exact) mass is 577 g/mol. The van der Waals surface area contributed by atoms with Crippen LogP contribution in [-0.2, 0) is 4.43 Å². The lowest BCUT2D eigenvalue weighted by Gasteiger charge is -2.13. The summed E-state index contributed by atoms with van der Waals surface area (Å²) in [5, 5.41) is 10.7. The molecule has 0 aliphatic heterocycles. The second kappa shape index (κ2) is 10.4. The fourth-order valence-electron chi connectivity index (χ4n) is 3.40. The predicted octanol–water partition coefficient (Wildman–Crippen LogP) is 4.92. The minimum Gasteiger partial charge on any atom is -0.435 e. The zero-order valence-corrected chi connectivity index (χ0v) is 20.7. The SMILES string of the molecule is CN(C)CCNC(=O)c1cc2c(-c3ccccc3CI)[nH]nc2nc1Oc1ccc(F)cc1F. The maximum Gasteiger partial charge on any atom is 0.256 e. The number of aromatic amines is 1. The molecule has 1 amide bonds. The van der Waals surface area contributed by atoms with Gasteiger partial charge in [0.15, 0.2) is 17.2 Å². The van der Waals surface area contributed by atoms with Crippen LogP contribution in [0.25, 0.3) is 22.3 Å². The van der Waals surface area contributed by atoms with Crippen LogP contribution in [-0.4, -0.2) is 53.2 Å². The number of halogens is 3. The van der Waals surface area contributed by atoms with E-state index >= 15 is 0 Å². The molecule has 176 valence electrons. The number of amides is 1. The molecule has 4 aromatic rings. The third kappa shape index (κ3) is 5.17. The van der Waals surface area contributed by atoms with Crippen molar-refractivity contribution in [1.82, 2.24) is 25.4 Å². The van der Waals surface area contributed by atoms with E-state index in [0.717, 1.165) is 33.4 Å². The van der Waals surface area contributed by atoms with Crippen LogP contribution in [0.2, 0.25) is 0 Å². The van der Waals surface area contributed by atoms with Crippen LogP contribution in [0.3, 0.4) is 0 Å². The third-order valence-electron chi connectivity index (χ3n) is 5.13. The van der Waals surface area contributed by atoms with Gasteiger partial charge in [-0.1, -0.05) is 46.9 Å². The first kappa shape index (κ1) is 24.0. The van der Waals surface area contributed by atoms with Crippen LogP contribution < -0.4 is 10.1 Å². The van der Waals surface area contributed by atoms with Crippen molar-refractivity contribution in [1.29, 1.82) is 0 Å². The molecule has 2 heterocycles. The quantitative estimate of drug-likeness (QED) is 0.230. The molecule has 7 nitrogen and oxygen atoms in total. The first-order chi connectivity index (χ1) is 16.4. The minimum atomic E-state index is -0.903. The molecule has 0 fully saturated rings. The van der Waals surface area contributed by atoms with Gasteiger partial charge in [-0.25, -0.2) is 8.78 Å². The van der Waals surface area contributed by atoms with E-state index in [4.69, 9.17) is 4.74 Å². The number of carbonyl (C=O) groups is 1. The highest BCUT2D eigenvalue weighted by Crippen LogP contribution is 2.34. The zero-order valence-electron chi connectivity index (χ0n) is 18.5. The third-order valence-corrected chi connectivity index (χ3v) is 5.95. The summed E-state index contributed by atoms with van der Waals surface area (Å²) < 4.78 is 34.0. The summed E-state index contributed by atoms with van der Waals surface area (Å²) in [5.41, 5.74) is 3.18. The van der Waals surface area contributed by atoms with Gasteiger partial charge in [0.05, 0.1) is 5.69 Å². The molecule has 4 rings (SSSR count). The van der Waals surface area contributed by atoms with Crippen molar-refractivity contribution in [2.24, 2.45) is 0 Å². The first-order valence-corrected chi connectivity index (χ1v) is 12.0. The highest BCUT2D eigenvalue weighted by molar-refractivity contribution is 14.1. The maximum atomic E-state index is 14.3. The van der Waals surface area contributed by atoms with Gasteiger partial charge < -0.3 is 15.0 Å². The summed E-state index contributed by atoms with van der Waals surface area (Å²) in [7, 11) is 3.79. The Hall–Kier alpha value is -3.12. The lowest BCUT2D eigenvalue weighted by atomic mass is 10.0. The summed E-state index contributed by atoms with van der Waals surface area (Å²) in [5.74, 6) is -2.44. The second-order valence-electron chi connectivity index (χ2n) is 7.84. The topological polar surface area (TPSA) is 83.1 Å². The summed E-state index contributed by atoms with van der Waals surface area (Å²) in [4.78, 5) is 19.4. The molecule has 0 aliphatic rings. The van der Waals surface area contributed by atoms with Gasteiger partial charge >= 0.3 is 0 Å². The molecule has 2 aromatic carbocycles. The van der Waals surface area contributed by atoms with Crippen LogP contribution in [0.15, 0.2) is 48.5 Å². The summed E-state index contributed by atoms with van der Waals surface area (Å²) >= 11 is 2.29. The number of rotatable bonds is 8. The van der Waals surface area contributed by atoms with Crippen molar-refractivity contribution in [3.63, 3.8) is 0 Å². The van der Waals surface area contributed by atoms with Crippen LogP contribution in [0.5, 0.6) is 11.6 Å². The van der Waals surface area contributed by atoms with E-state index in [-0.39, 0.29) is 17.2 Å². The Bertz CT molecular complexity index is 1340. The molecular formula is C24H22F2IN5O2. The Morgan fingerprint density at radius 1 is 1.18 bits per heavy atom. The van der Waals surface area contributed by atoms with Crippen molar-refractivity contribution >= 4 is 39.5 Å². The van der Waals surface area contributed by atoms with Gasteiger partial charge in [0, 0.05) is 34.5 Å². The van der Waals surface area contributed by atoms with Gasteiger partial charge in [-0.2, -0.15) is 10.1 Å². The highest BCUT2D eigenvalue weighted by Gasteiger charge is 2.22. The van der Waals surface area contributed by atoms with Gasteiger partial charge in [0.1, 0.15) is 11.4 Å². The number of carbonyl (C=O) groups excluding carboxylic acids is 1. The van der Waals surface area contributed by atoms with E-state index in [1.807, 2.05) is 43.3 Å². The van der Waals surface area contributed by atoms with E-state index in [1.165, 1.54) is 0 Å². The van der Waals surface area contributed by atoms with Crippen LogP contribution >= 0.6 is 22.6 Å². The van der Waals surface area contributed by atoms with Gasteiger partial charge in [-0.15, -0.1) is 0 Å². The molecular weight excluding hydrogens is 555 g/mol. The minimum absolute atomic E-state index is 0.115. The Morgan fingerprint density at radius 2 is 1.97 bits per heavy atom. The number of benzene rings is 2. The van der Waals surface area contributed by atoms with Crippen LogP contribution in [0, 0.1) is 11.6 Å². The zero-order chi connectivity index (χ0) is 24.2. The van der Waals surface area contributed by atoms with Gasteiger partial charge in [0.2, 0.25) is 5.88 Å². The second-order valence-corrected chi connectivity index (χ2v) is 8.60. The van der Waals surface area contributed by atoms with Gasteiger partial charge in [0.25, 0.3) is 5.91 Å². The van der Waals surface area contributed by atoms with Crippen molar-refractivity contribution in [2.75, 3.05) is 27.2 Å². The number of likely N-dealkylation sites (N-methyl/N-ethyl adjacent to an activating group) is 1. The number of H-pyrrole nitrogens is 1. The van der Waals surface area contributed by atoms with E-state index in [1.54, 1.807) is 6.07 Å². The van der Waals surface area contributed by atoms with Crippen LogP contribution in [0.1, 0.15) is 15.9 Å². The largest absolute Gasteiger partial charge is 0.435 e. The number of hydrogen-bond donors (Lipinski definition) is 2. The highest BCUT2D eigenvalue weighted by atomic mass is 127. The molecule has 10 heteroatoms. The van der Waals surface area contributed by atoms with E-state index in [0.29, 0.717) is 30.2 Å². The molecule has 0 atom stereocenters.